The summed E-state index contributed by atoms with van der Waals surface area (Å²) in [6, 6.07) is 0.594. The number of halogens is 1. The molecule has 106 valence electrons. The lowest BCUT2D eigenvalue weighted by atomic mass is 9.87. The van der Waals surface area contributed by atoms with E-state index < -0.39 is 0 Å². The van der Waals surface area contributed by atoms with Gasteiger partial charge in [0, 0.05) is 31.2 Å². The summed E-state index contributed by atoms with van der Waals surface area (Å²) < 4.78 is 12.5. The van der Waals surface area contributed by atoms with Gasteiger partial charge in [-0.3, -0.25) is 9.29 Å². The van der Waals surface area contributed by atoms with Crippen LogP contribution in [0.4, 0.5) is 4.39 Å². The van der Waals surface area contributed by atoms with Crippen molar-refractivity contribution in [2.75, 3.05) is 26.3 Å². The highest BCUT2D eigenvalue weighted by molar-refractivity contribution is 5.04. The number of hydrogen-bond acceptors (Lipinski definition) is 2. The second-order valence-electron chi connectivity index (χ2n) is 6.83. The van der Waals surface area contributed by atoms with Crippen molar-refractivity contribution in [2.45, 2.75) is 58.0 Å². The minimum Gasteiger partial charge on any atom is -0.311 e. The summed E-state index contributed by atoms with van der Waals surface area (Å²) in [5.74, 6) is 1.57. The Morgan fingerprint density at radius 1 is 1.39 bits per heavy atom. The molecule has 0 bridgehead atoms. The van der Waals surface area contributed by atoms with Crippen LogP contribution in [0.2, 0.25) is 0 Å². The van der Waals surface area contributed by atoms with Crippen LogP contribution < -0.4 is 5.32 Å². The van der Waals surface area contributed by atoms with E-state index in [9.17, 15) is 4.39 Å². The molecular weight excluding hydrogens is 227 g/mol. The summed E-state index contributed by atoms with van der Waals surface area (Å²) in [7, 11) is 0. The van der Waals surface area contributed by atoms with E-state index in [4.69, 9.17) is 0 Å². The van der Waals surface area contributed by atoms with Crippen LogP contribution in [0, 0.1) is 11.8 Å². The lowest BCUT2D eigenvalue weighted by Crippen LogP contribution is -2.64. The Labute approximate surface area is 111 Å². The van der Waals surface area contributed by atoms with E-state index in [0.29, 0.717) is 12.5 Å². The summed E-state index contributed by atoms with van der Waals surface area (Å²) in [5.41, 5.74) is 0.280. The van der Waals surface area contributed by atoms with E-state index in [-0.39, 0.29) is 12.2 Å². The van der Waals surface area contributed by atoms with E-state index in [0.717, 1.165) is 31.5 Å². The highest BCUT2D eigenvalue weighted by Gasteiger charge is 2.47. The number of hydrogen-bond donors (Lipinski definition) is 1. The van der Waals surface area contributed by atoms with Gasteiger partial charge in [0.2, 0.25) is 0 Å². The van der Waals surface area contributed by atoms with Gasteiger partial charge in [-0.25, -0.2) is 0 Å². The third-order valence-corrected chi connectivity index (χ3v) is 4.69. The fraction of sp³-hybridized carbons (Fsp3) is 1.00. The highest BCUT2D eigenvalue weighted by atomic mass is 19.1. The Balaban J connectivity index is 1.96. The first-order valence-electron chi connectivity index (χ1n) is 7.60. The summed E-state index contributed by atoms with van der Waals surface area (Å²) in [6.07, 6.45) is 4.64. The van der Waals surface area contributed by atoms with Crippen molar-refractivity contribution in [3.8, 4) is 0 Å². The normalized spacial score (nSPS) is 34.2. The van der Waals surface area contributed by atoms with Crippen molar-refractivity contribution >= 4 is 0 Å². The van der Waals surface area contributed by atoms with Crippen LogP contribution in [0.25, 0.3) is 0 Å². The van der Waals surface area contributed by atoms with Crippen molar-refractivity contribution in [3.63, 3.8) is 0 Å². The third kappa shape index (κ3) is 3.24. The van der Waals surface area contributed by atoms with Crippen molar-refractivity contribution in [1.82, 2.24) is 10.2 Å². The molecule has 1 heterocycles. The van der Waals surface area contributed by atoms with Crippen LogP contribution in [-0.4, -0.2) is 42.8 Å². The van der Waals surface area contributed by atoms with Gasteiger partial charge in [0.25, 0.3) is 0 Å². The van der Waals surface area contributed by atoms with Gasteiger partial charge >= 0.3 is 0 Å². The molecule has 2 unspecified atom stereocenters. The number of nitrogens with one attached hydrogen (secondary N) is 1. The standard InChI is InChI=1S/C15H29FN2/c1-12(2)9-14-10-18(8-4-7-16)15(3,11-17-14)13-5-6-13/h12-14,17H,4-11H2,1-3H3. The molecule has 18 heavy (non-hydrogen) atoms. The van der Waals surface area contributed by atoms with Crippen molar-refractivity contribution in [1.29, 1.82) is 0 Å². The van der Waals surface area contributed by atoms with Gasteiger partial charge in [-0.15, -0.1) is 0 Å². The SMILES string of the molecule is CC(C)CC1CN(CCCF)C(C)(C2CC2)CN1. The molecule has 0 spiro atoms. The van der Waals surface area contributed by atoms with Gasteiger partial charge < -0.3 is 5.32 Å². The number of piperazine rings is 1. The average Bonchev–Trinajstić information content (AvgIpc) is 3.13. The minimum absolute atomic E-state index is 0.181. The van der Waals surface area contributed by atoms with Gasteiger partial charge in [-0.05, 0) is 44.4 Å². The molecule has 2 nitrogen and oxygen atoms in total. The summed E-state index contributed by atoms with van der Waals surface area (Å²) >= 11 is 0. The summed E-state index contributed by atoms with van der Waals surface area (Å²) in [6.45, 7) is 9.87. The van der Waals surface area contributed by atoms with Crippen molar-refractivity contribution in [3.05, 3.63) is 0 Å². The second-order valence-corrected chi connectivity index (χ2v) is 6.83. The molecule has 1 aliphatic carbocycles. The number of nitrogens with zero attached hydrogens (tertiary/aromatic N) is 1. The van der Waals surface area contributed by atoms with Crippen LogP contribution in [0.15, 0.2) is 0 Å². The quantitative estimate of drug-likeness (QED) is 0.786. The molecule has 0 aromatic heterocycles. The lowest BCUT2D eigenvalue weighted by molar-refractivity contribution is 0.0286. The van der Waals surface area contributed by atoms with E-state index in [2.05, 4.69) is 31.0 Å². The molecule has 3 heteroatoms. The molecule has 0 radical (unpaired) electrons. The molecule has 2 fully saturated rings. The zero-order valence-corrected chi connectivity index (χ0v) is 12.2. The molecule has 1 N–H and O–H groups in total. The zero-order chi connectivity index (χ0) is 13.2. The van der Waals surface area contributed by atoms with Crippen LogP contribution in [-0.2, 0) is 0 Å². The minimum atomic E-state index is -0.181. The first kappa shape index (κ1) is 14.3. The molecular formula is C15H29FN2. The van der Waals surface area contributed by atoms with Crippen molar-refractivity contribution in [2.24, 2.45) is 11.8 Å². The van der Waals surface area contributed by atoms with E-state index in [1.165, 1.54) is 19.3 Å². The Morgan fingerprint density at radius 3 is 2.67 bits per heavy atom. The van der Waals surface area contributed by atoms with Crippen LogP contribution in [0.1, 0.15) is 46.5 Å². The Bertz CT molecular complexity index is 265. The molecule has 0 aromatic rings. The molecule has 0 aromatic carbocycles. The first-order chi connectivity index (χ1) is 8.56. The fourth-order valence-corrected chi connectivity index (χ4v) is 3.43. The van der Waals surface area contributed by atoms with Crippen molar-refractivity contribution < 1.29 is 4.39 Å². The average molecular weight is 256 g/mol. The second kappa shape index (κ2) is 5.87. The maximum absolute atomic E-state index is 12.5. The van der Waals surface area contributed by atoms with E-state index in [1.54, 1.807) is 0 Å². The highest BCUT2D eigenvalue weighted by Crippen LogP contribution is 2.44. The van der Waals surface area contributed by atoms with E-state index >= 15 is 0 Å². The molecule has 1 aliphatic heterocycles. The monoisotopic (exact) mass is 256 g/mol. The Kier molecular flexibility index (Phi) is 4.65. The van der Waals surface area contributed by atoms with Gasteiger partial charge in [0.1, 0.15) is 0 Å². The van der Waals surface area contributed by atoms with Gasteiger partial charge in [0.15, 0.2) is 0 Å². The van der Waals surface area contributed by atoms with Gasteiger partial charge in [-0.1, -0.05) is 13.8 Å². The molecule has 2 aliphatic rings. The predicted octanol–water partition coefficient (Wildman–Crippen LogP) is 2.83. The van der Waals surface area contributed by atoms with Crippen LogP contribution in [0.5, 0.6) is 0 Å². The fourth-order valence-electron chi connectivity index (χ4n) is 3.43. The largest absolute Gasteiger partial charge is 0.311 e. The Hall–Kier alpha value is -0.150. The topological polar surface area (TPSA) is 15.3 Å². The van der Waals surface area contributed by atoms with Crippen LogP contribution >= 0.6 is 0 Å². The maximum atomic E-state index is 12.5. The number of rotatable bonds is 6. The number of alkyl halides is 1. The molecule has 2 rings (SSSR count). The zero-order valence-electron chi connectivity index (χ0n) is 12.2. The van der Waals surface area contributed by atoms with E-state index in [1.807, 2.05) is 0 Å². The van der Waals surface area contributed by atoms with Crippen LogP contribution in [0.3, 0.4) is 0 Å². The van der Waals surface area contributed by atoms with Gasteiger partial charge in [-0.2, -0.15) is 0 Å². The third-order valence-electron chi connectivity index (χ3n) is 4.69. The first-order valence-corrected chi connectivity index (χ1v) is 7.60. The lowest BCUT2D eigenvalue weighted by Gasteiger charge is -2.49. The molecule has 1 saturated heterocycles. The summed E-state index contributed by atoms with van der Waals surface area (Å²) in [5, 5.41) is 3.73. The molecule has 2 atom stereocenters. The summed E-state index contributed by atoms with van der Waals surface area (Å²) in [4.78, 5) is 2.58. The smallest absolute Gasteiger partial charge is 0.0906 e. The maximum Gasteiger partial charge on any atom is 0.0906 e. The molecule has 1 saturated carbocycles. The predicted molar refractivity (Wildman–Crippen MR) is 74.5 cm³/mol. The Morgan fingerprint density at radius 2 is 2.11 bits per heavy atom. The van der Waals surface area contributed by atoms with Gasteiger partial charge in [0.05, 0.1) is 6.67 Å². The molecule has 0 amide bonds.